The number of unbranched alkanes of at least 4 members (excludes halogenated alkanes) is 9. The van der Waals surface area contributed by atoms with Crippen LogP contribution in [0.25, 0.3) is 0 Å². The van der Waals surface area contributed by atoms with Crippen LogP contribution in [0.4, 0.5) is 0 Å². The molecule has 0 saturated heterocycles. The summed E-state index contributed by atoms with van der Waals surface area (Å²) in [6.07, 6.45) is 53.2. The zero-order chi connectivity index (χ0) is 41.9. The van der Waals surface area contributed by atoms with E-state index in [4.69, 9.17) is 29.4 Å². The van der Waals surface area contributed by atoms with Crippen molar-refractivity contribution in [3.05, 3.63) is 97.2 Å². The Balaban J connectivity index is 4.30. The summed E-state index contributed by atoms with van der Waals surface area (Å²) in [5.74, 6) is -1.83. The Morgan fingerprint density at radius 3 is 1.44 bits per heavy atom. The molecule has 0 aromatic heterocycles. The smallest absolute Gasteiger partial charge is 0.472 e. The summed E-state index contributed by atoms with van der Waals surface area (Å²) < 4.78 is 33.3. The Morgan fingerprint density at radius 2 is 0.965 bits per heavy atom. The number of aliphatic carboxylic acids is 1. The van der Waals surface area contributed by atoms with E-state index in [-0.39, 0.29) is 13.0 Å². The molecule has 0 amide bonds. The highest BCUT2D eigenvalue weighted by Crippen LogP contribution is 2.43. The van der Waals surface area contributed by atoms with Crippen molar-refractivity contribution in [2.24, 2.45) is 5.73 Å². The van der Waals surface area contributed by atoms with Crippen LogP contribution < -0.4 is 5.73 Å². The Labute approximate surface area is 345 Å². The molecule has 11 heteroatoms. The second kappa shape index (κ2) is 41.1. The Kier molecular flexibility index (Phi) is 38.8. The van der Waals surface area contributed by atoms with E-state index in [1.807, 2.05) is 0 Å². The Bertz CT molecular complexity index is 1270. The van der Waals surface area contributed by atoms with Crippen molar-refractivity contribution in [2.45, 2.75) is 154 Å². The molecule has 4 N–H and O–H groups in total. The monoisotopic (exact) mass is 818 g/mol. The van der Waals surface area contributed by atoms with Crippen LogP contribution in [0.2, 0.25) is 0 Å². The van der Waals surface area contributed by atoms with Gasteiger partial charge in [0, 0.05) is 13.0 Å². The number of ether oxygens (including phenoxy) is 2. The summed E-state index contributed by atoms with van der Waals surface area (Å²) in [4.78, 5) is 33.5. The first kappa shape index (κ1) is 53.9. The van der Waals surface area contributed by atoms with Crippen LogP contribution in [-0.4, -0.2) is 60.5 Å². The average molecular weight is 818 g/mol. The number of allylic oxidation sites excluding steroid dienone is 16. The quantitative estimate of drug-likeness (QED) is 0.0236. The fourth-order valence-corrected chi connectivity index (χ4v) is 5.89. The molecule has 0 aromatic carbocycles. The molecule has 0 rings (SSSR count). The number of esters is 1. The lowest BCUT2D eigenvalue weighted by Gasteiger charge is -2.20. The third-order valence-electron chi connectivity index (χ3n) is 8.36. The van der Waals surface area contributed by atoms with Gasteiger partial charge in [-0.3, -0.25) is 18.6 Å². The molecule has 57 heavy (non-hydrogen) atoms. The molecule has 324 valence electrons. The van der Waals surface area contributed by atoms with Crippen LogP contribution in [0.15, 0.2) is 97.2 Å². The number of carboxylic acid groups (broad SMARTS) is 1. The number of phosphoric acid groups is 1. The van der Waals surface area contributed by atoms with Crippen molar-refractivity contribution in [3.8, 4) is 0 Å². The Hall–Kier alpha value is -3.11. The van der Waals surface area contributed by atoms with E-state index in [9.17, 15) is 19.0 Å². The number of phosphoric ester groups is 1. The van der Waals surface area contributed by atoms with E-state index in [1.165, 1.54) is 12.8 Å². The molecule has 0 heterocycles. The minimum Gasteiger partial charge on any atom is -0.480 e. The molecule has 3 atom stereocenters. The number of hydrogen-bond acceptors (Lipinski definition) is 8. The van der Waals surface area contributed by atoms with Gasteiger partial charge in [-0.05, 0) is 89.9 Å². The molecule has 0 aliphatic carbocycles. The lowest BCUT2D eigenvalue weighted by molar-refractivity contribution is -0.154. The third kappa shape index (κ3) is 40.9. The highest BCUT2D eigenvalue weighted by Gasteiger charge is 2.27. The number of hydrogen-bond donors (Lipinski definition) is 3. The van der Waals surface area contributed by atoms with Crippen LogP contribution in [-0.2, 0) is 32.7 Å². The number of carbonyl (C=O) groups excluding carboxylic acids is 1. The predicted molar refractivity (Wildman–Crippen MR) is 235 cm³/mol. The van der Waals surface area contributed by atoms with Crippen molar-refractivity contribution in [1.82, 2.24) is 0 Å². The average Bonchev–Trinajstić information content (AvgIpc) is 3.19. The van der Waals surface area contributed by atoms with Crippen molar-refractivity contribution in [2.75, 3.05) is 26.4 Å². The van der Waals surface area contributed by atoms with Crippen LogP contribution in [0.5, 0.6) is 0 Å². The normalized spacial score (nSPS) is 14.9. The van der Waals surface area contributed by atoms with Gasteiger partial charge >= 0.3 is 19.8 Å². The van der Waals surface area contributed by atoms with Gasteiger partial charge in [0.2, 0.25) is 0 Å². The molecule has 3 unspecified atom stereocenters. The van der Waals surface area contributed by atoms with E-state index >= 15 is 0 Å². The molecule has 0 bridgehead atoms. The topological polar surface area (TPSA) is 155 Å². The van der Waals surface area contributed by atoms with Gasteiger partial charge in [-0.15, -0.1) is 0 Å². The maximum atomic E-state index is 12.6. The standard InChI is InChI=1S/C46H76NO9P/c1-3-5-7-9-11-13-15-17-18-19-20-21-22-23-24-25-27-29-31-33-35-37-39-53-40-43(41-54-57(51,52)55-42-44(47)46(49)50)56-45(48)38-36-34-32-30-28-26-16-14-12-10-8-6-4-2/h5-8,11-14,17-18,20-21,23-24,26,28,43-44H,3-4,9-10,15-16,19,22,25,27,29-42,47H2,1-2H3,(H,49,50)(H,51,52)/b7-5-,8-6-,13-11-,14-12-,18-17-,21-20-,24-23-,28-26-. The van der Waals surface area contributed by atoms with Crippen LogP contribution >= 0.6 is 7.82 Å². The van der Waals surface area contributed by atoms with Gasteiger partial charge in [0.05, 0.1) is 19.8 Å². The zero-order valence-electron chi connectivity index (χ0n) is 35.1. The summed E-state index contributed by atoms with van der Waals surface area (Å²) in [6, 6.07) is -1.49. The number of rotatable bonds is 39. The molecule has 0 radical (unpaired) electrons. The lowest BCUT2D eigenvalue weighted by Crippen LogP contribution is -2.34. The molecule has 0 aliphatic rings. The molecule has 0 spiro atoms. The summed E-state index contributed by atoms with van der Waals surface area (Å²) in [6.45, 7) is 3.54. The van der Waals surface area contributed by atoms with Crippen molar-refractivity contribution >= 4 is 19.8 Å². The van der Waals surface area contributed by atoms with Crippen molar-refractivity contribution in [3.63, 3.8) is 0 Å². The second-order valence-electron chi connectivity index (χ2n) is 13.7. The number of carbonyl (C=O) groups is 2. The summed E-state index contributed by atoms with van der Waals surface area (Å²) in [5.41, 5.74) is 5.35. The summed E-state index contributed by atoms with van der Waals surface area (Å²) in [7, 11) is -4.63. The molecular weight excluding hydrogens is 741 g/mol. The fraction of sp³-hybridized carbons (Fsp3) is 0.609. The SMILES string of the molecule is CC/C=C\C/C=C\C/C=C\C/C=C\C/C=C\CCCCCCCCOCC(COP(=O)(O)OCC(N)C(=O)O)OC(=O)CCCCC/C=C\C/C=C\C/C=C\CC. The van der Waals surface area contributed by atoms with Gasteiger partial charge in [0.15, 0.2) is 0 Å². The highest BCUT2D eigenvalue weighted by atomic mass is 31.2. The highest BCUT2D eigenvalue weighted by molar-refractivity contribution is 7.47. The zero-order valence-corrected chi connectivity index (χ0v) is 36.0. The summed E-state index contributed by atoms with van der Waals surface area (Å²) >= 11 is 0. The molecular formula is C46H76NO9P. The minimum absolute atomic E-state index is 0.0121. The van der Waals surface area contributed by atoms with Gasteiger partial charge in [-0.1, -0.05) is 143 Å². The van der Waals surface area contributed by atoms with Crippen molar-refractivity contribution < 1.29 is 42.7 Å². The van der Waals surface area contributed by atoms with Gasteiger partial charge in [-0.2, -0.15) is 0 Å². The molecule has 0 aromatic rings. The van der Waals surface area contributed by atoms with Crippen LogP contribution in [0.3, 0.4) is 0 Å². The second-order valence-corrected chi connectivity index (χ2v) is 15.2. The van der Waals surface area contributed by atoms with E-state index in [1.54, 1.807) is 0 Å². The lowest BCUT2D eigenvalue weighted by atomic mass is 10.1. The maximum absolute atomic E-state index is 12.6. The van der Waals surface area contributed by atoms with Crippen LogP contribution in [0, 0.1) is 0 Å². The third-order valence-corrected chi connectivity index (χ3v) is 9.31. The number of nitrogens with two attached hydrogens (primary N) is 1. The van der Waals surface area contributed by atoms with E-state index < -0.39 is 45.1 Å². The van der Waals surface area contributed by atoms with Crippen LogP contribution in [0.1, 0.15) is 142 Å². The first-order valence-corrected chi connectivity index (χ1v) is 22.8. The minimum atomic E-state index is -4.63. The number of carboxylic acids is 1. The van der Waals surface area contributed by atoms with Gasteiger partial charge in [0.25, 0.3) is 0 Å². The first-order chi connectivity index (χ1) is 27.7. The maximum Gasteiger partial charge on any atom is 0.472 e. The first-order valence-electron chi connectivity index (χ1n) is 21.3. The summed E-state index contributed by atoms with van der Waals surface area (Å²) in [5, 5.41) is 8.89. The molecule has 0 aliphatic heterocycles. The van der Waals surface area contributed by atoms with Crippen molar-refractivity contribution in [1.29, 1.82) is 0 Å². The molecule has 0 saturated carbocycles. The predicted octanol–water partition coefficient (Wildman–Crippen LogP) is 11.8. The van der Waals surface area contributed by atoms with Gasteiger partial charge in [-0.25, -0.2) is 4.57 Å². The fourth-order valence-electron chi connectivity index (χ4n) is 5.11. The molecule has 10 nitrogen and oxygen atoms in total. The van der Waals surface area contributed by atoms with Gasteiger partial charge in [0.1, 0.15) is 12.1 Å². The Morgan fingerprint density at radius 1 is 0.561 bits per heavy atom. The molecule has 0 fully saturated rings. The van der Waals surface area contributed by atoms with E-state index in [0.29, 0.717) is 13.0 Å². The van der Waals surface area contributed by atoms with E-state index in [2.05, 4.69) is 111 Å². The van der Waals surface area contributed by atoms with E-state index in [0.717, 1.165) is 103 Å². The largest absolute Gasteiger partial charge is 0.480 e. The van der Waals surface area contributed by atoms with Gasteiger partial charge < -0.3 is 25.2 Å².